The molecule has 0 amide bonds. The fraction of sp³-hybridized carbons (Fsp3) is 0.385. The Morgan fingerprint density at radius 1 is 1.32 bits per heavy atom. The Morgan fingerprint density at radius 2 is 2.05 bits per heavy atom. The summed E-state index contributed by atoms with van der Waals surface area (Å²) in [5.41, 5.74) is 1.35. The van der Waals surface area contributed by atoms with E-state index in [-0.39, 0.29) is 0 Å². The second-order valence-corrected chi connectivity index (χ2v) is 7.01. The third kappa shape index (κ3) is 4.40. The van der Waals surface area contributed by atoms with Crippen LogP contribution in [0.4, 0.5) is 0 Å². The molecule has 0 fully saturated rings. The van der Waals surface area contributed by atoms with Gasteiger partial charge in [-0.05, 0) is 30.0 Å². The Balaban J connectivity index is 1.83. The number of nitrogens with zero attached hydrogens (tertiary/aromatic N) is 2. The summed E-state index contributed by atoms with van der Waals surface area (Å²) in [7, 11) is 0. The average molecular weight is 312 g/mol. The second-order valence-electron chi connectivity index (χ2n) is 4.14. The predicted molar refractivity (Wildman–Crippen MR) is 83.7 cm³/mol. The molecule has 0 bridgehead atoms. The van der Waals surface area contributed by atoms with Crippen molar-refractivity contribution in [1.82, 2.24) is 10.2 Å². The highest BCUT2D eigenvalue weighted by molar-refractivity contribution is 8.01. The molecule has 0 saturated carbocycles. The van der Waals surface area contributed by atoms with Crippen LogP contribution in [-0.2, 0) is 0 Å². The standard InChI is InChI=1S/C13H16N2OS3/c1-3-9(2)10-4-6-11(7-5-10)16-8-18-13-15-14-12(17)19-13/h4-7,9H,3,8H2,1-2H3,(H,14,17). The first kappa shape index (κ1) is 14.7. The molecule has 0 radical (unpaired) electrons. The molecule has 0 aliphatic rings. The van der Waals surface area contributed by atoms with Gasteiger partial charge in [0.25, 0.3) is 0 Å². The van der Waals surface area contributed by atoms with Gasteiger partial charge in [0.1, 0.15) is 11.7 Å². The monoisotopic (exact) mass is 312 g/mol. The highest BCUT2D eigenvalue weighted by atomic mass is 32.2. The summed E-state index contributed by atoms with van der Waals surface area (Å²) in [5.74, 6) is 2.01. The number of benzene rings is 1. The highest BCUT2D eigenvalue weighted by Gasteiger charge is 2.04. The van der Waals surface area contributed by atoms with Crippen molar-refractivity contribution in [3.8, 4) is 5.75 Å². The zero-order chi connectivity index (χ0) is 13.7. The third-order valence-electron chi connectivity index (χ3n) is 2.87. The molecule has 1 unspecified atom stereocenters. The van der Waals surface area contributed by atoms with Crippen molar-refractivity contribution in [3.63, 3.8) is 0 Å². The Kier molecular flexibility index (Phi) is 5.54. The topological polar surface area (TPSA) is 35.0 Å². The van der Waals surface area contributed by atoms with E-state index < -0.39 is 0 Å². The first-order valence-corrected chi connectivity index (χ1v) is 8.32. The lowest BCUT2D eigenvalue weighted by Gasteiger charge is -2.10. The summed E-state index contributed by atoms with van der Waals surface area (Å²) < 4.78 is 7.22. The summed E-state index contributed by atoms with van der Waals surface area (Å²) in [5, 5.41) is 7.81. The van der Waals surface area contributed by atoms with E-state index in [1.54, 1.807) is 0 Å². The lowest BCUT2D eigenvalue weighted by Crippen LogP contribution is -1.94. The van der Waals surface area contributed by atoms with Crippen molar-refractivity contribution in [2.45, 2.75) is 34.9 Å². The first-order chi connectivity index (χ1) is 9.19. The molecule has 0 aliphatic heterocycles. The summed E-state index contributed by atoms with van der Waals surface area (Å²) >= 11 is 7.11. The maximum Gasteiger partial charge on any atom is 0.178 e. The van der Waals surface area contributed by atoms with Crippen LogP contribution in [0.1, 0.15) is 31.7 Å². The summed E-state index contributed by atoms with van der Waals surface area (Å²) in [4.78, 5) is 0. The van der Waals surface area contributed by atoms with Gasteiger partial charge in [-0.2, -0.15) is 0 Å². The van der Waals surface area contributed by atoms with E-state index in [0.29, 0.717) is 16.2 Å². The number of thioether (sulfide) groups is 1. The van der Waals surface area contributed by atoms with Crippen LogP contribution in [0.15, 0.2) is 32.9 Å². The van der Waals surface area contributed by atoms with Crippen LogP contribution < -0.4 is 4.74 Å². The van der Waals surface area contributed by atoms with E-state index in [0.717, 1.165) is 16.5 Å². The summed E-state index contributed by atoms with van der Waals surface area (Å²) in [6.45, 7) is 4.43. The normalized spacial score (nSPS) is 12.4. The highest BCUT2D eigenvalue weighted by Crippen LogP contribution is 2.26. The van der Waals surface area contributed by atoms with Crippen LogP contribution in [0.2, 0.25) is 0 Å². The van der Waals surface area contributed by atoms with Crippen molar-refractivity contribution in [3.05, 3.63) is 29.8 Å². The molecule has 102 valence electrons. The molecule has 19 heavy (non-hydrogen) atoms. The van der Waals surface area contributed by atoms with Crippen LogP contribution in [-0.4, -0.2) is 16.1 Å². The number of hydrogen-bond donors (Lipinski definition) is 1. The van der Waals surface area contributed by atoms with E-state index >= 15 is 0 Å². The molecule has 3 nitrogen and oxygen atoms in total. The molecule has 2 rings (SSSR count). The van der Waals surface area contributed by atoms with Gasteiger partial charge in [0.05, 0.1) is 0 Å². The molecular formula is C13H16N2OS3. The van der Waals surface area contributed by atoms with Gasteiger partial charge in [-0.1, -0.05) is 49.1 Å². The van der Waals surface area contributed by atoms with Crippen molar-refractivity contribution in [1.29, 1.82) is 0 Å². The zero-order valence-corrected chi connectivity index (χ0v) is 13.4. The lowest BCUT2D eigenvalue weighted by atomic mass is 9.99. The molecule has 0 saturated heterocycles. The van der Waals surface area contributed by atoms with Crippen LogP contribution >= 0.6 is 35.7 Å². The fourth-order valence-corrected chi connectivity index (χ4v) is 3.36. The quantitative estimate of drug-likeness (QED) is 0.485. The van der Waals surface area contributed by atoms with Crippen molar-refractivity contribution in [2.24, 2.45) is 0 Å². The molecule has 6 heteroatoms. The summed E-state index contributed by atoms with van der Waals surface area (Å²) in [6, 6.07) is 8.30. The molecular weight excluding hydrogens is 296 g/mol. The third-order valence-corrected chi connectivity index (χ3v) is 4.92. The van der Waals surface area contributed by atoms with Gasteiger partial charge in [-0.15, -0.1) is 22.8 Å². The fourth-order valence-electron chi connectivity index (χ4n) is 1.54. The minimum Gasteiger partial charge on any atom is -0.483 e. The van der Waals surface area contributed by atoms with Gasteiger partial charge in [0.15, 0.2) is 8.68 Å². The van der Waals surface area contributed by atoms with E-state index in [4.69, 9.17) is 4.74 Å². The largest absolute Gasteiger partial charge is 0.483 e. The predicted octanol–water partition coefficient (Wildman–Crippen LogP) is 4.47. The molecule has 1 aromatic carbocycles. The van der Waals surface area contributed by atoms with Gasteiger partial charge in [0.2, 0.25) is 0 Å². The average Bonchev–Trinajstić information content (AvgIpc) is 2.84. The van der Waals surface area contributed by atoms with E-state index in [9.17, 15) is 0 Å². The summed E-state index contributed by atoms with van der Waals surface area (Å²) in [6.07, 6.45) is 1.15. The van der Waals surface area contributed by atoms with Crippen molar-refractivity contribution < 1.29 is 4.74 Å². The molecule has 0 N–H and O–H groups in total. The second kappa shape index (κ2) is 7.17. The van der Waals surface area contributed by atoms with Gasteiger partial charge in [-0.3, -0.25) is 0 Å². The Morgan fingerprint density at radius 3 is 2.63 bits per heavy atom. The number of thiol groups is 1. The Labute approximate surface area is 127 Å². The molecule has 0 aliphatic carbocycles. The van der Waals surface area contributed by atoms with Gasteiger partial charge < -0.3 is 4.74 Å². The molecule has 1 heterocycles. The molecule has 1 aromatic heterocycles. The van der Waals surface area contributed by atoms with Crippen LogP contribution in [0, 0.1) is 0 Å². The van der Waals surface area contributed by atoms with Crippen molar-refractivity contribution >= 4 is 35.7 Å². The SMILES string of the molecule is CCC(C)c1ccc(OCSc2nnc(S)s2)cc1. The minimum absolute atomic E-state index is 0.533. The van der Waals surface area contributed by atoms with Crippen molar-refractivity contribution in [2.75, 3.05) is 5.94 Å². The van der Waals surface area contributed by atoms with E-state index in [1.165, 1.54) is 28.7 Å². The van der Waals surface area contributed by atoms with Gasteiger partial charge >= 0.3 is 0 Å². The number of aromatic nitrogens is 2. The number of ether oxygens (including phenoxy) is 1. The van der Waals surface area contributed by atoms with Gasteiger partial charge in [0, 0.05) is 0 Å². The Hall–Kier alpha value is -0.720. The van der Waals surface area contributed by atoms with Gasteiger partial charge in [-0.25, -0.2) is 0 Å². The lowest BCUT2D eigenvalue weighted by molar-refractivity contribution is 0.392. The number of rotatable bonds is 6. The van der Waals surface area contributed by atoms with E-state index in [1.807, 2.05) is 12.1 Å². The molecule has 2 aromatic rings. The first-order valence-electron chi connectivity index (χ1n) is 6.07. The van der Waals surface area contributed by atoms with Crippen LogP contribution in [0.5, 0.6) is 5.75 Å². The zero-order valence-electron chi connectivity index (χ0n) is 10.9. The maximum atomic E-state index is 5.66. The Bertz CT molecular complexity index is 513. The van der Waals surface area contributed by atoms with Crippen LogP contribution in [0.3, 0.4) is 0 Å². The number of hydrogen-bond acceptors (Lipinski definition) is 6. The van der Waals surface area contributed by atoms with E-state index in [2.05, 4.69) is 48.8 Å². The smallest absolute Gasteiger partial charge is 0.178 e. The van der Waals surface area contributed by atoms with Crippen LogP contribution in [0.25, 0.3) is 0 Å². The minimum atomic E-state index is 0.533. The molecule has 1 atom stereocenters. The molecule has 0 spiro atoms. The maximum absolute atomic E-state index is 5.66.